The first-order valence-corrected chi connectivity index (χ1v) is 5.63. The summed E-state index contributed by atoms with van der Waals surface area (Å²) < 4.78 is 4.94. The zero-order valence-corrected chi connectivity index (χ0v) is 10.8. The summed E-state index contributed by atoms with van der Waals surface area (Å²) in [5.41, 5.74) is 1.04. The van der Waals surface area contributed by atoms with Gasteiger partial charge in [0.2, 0.25) is 0 Å². The Morgan fingerprint density at radius 3 is 2.72 bits per heavy atom. The third-order valence-corrected chi connectivity index (χ3v) is 2.72. The number of aliphatic hydroxyl groups is 1. The maximum absolute atomic E-state index is 11.0. The van der Waals surface area contributed by atoms with E-state index in [2.05, 4.69) is 0 Å². The highest BCUT2D eigenvalue weighted by atomic mass is 16.6. The van der Waals surface area contributed by atoms with Crippen molar-refractivity contribution in [1.29, 1.82) is 0 Å². The predicted octanol–water partition coefficient (Wildman–Crippen LogP) is 1.73. The molecule has 0 aliphatic rings. The number of hydrogen-bond acceptors (Lipinski definition) is 5. The van der Waals surface area contributed by atoms with Crippen LogP contribution in [0.25, 0.3) is 0 Å². The van der Waals surface area contributed by atoms with Gasteiger partial charge in [0.1, 0.15) is 5.69 Å². The Bertz CT molecular complexity index is 421. The molecule has 0 bridgehead atoms. The third-order valence-electron chi connectivity index (χ3n) is 2.72. The van der Waals surface area contributed by atoms with E-state index in [1.165, 1.54) is 6.07 Å². The Morgan fingerprint density at radius 1 is 1.56 bits per heavy atom. The summed E-state index contributed by atoms with van der Waals surface area (Å²) in [5.74, 6) is 0. The van der Waals surface area contributed by atoms with Gasteiger partial charge in [0.25, 0.3) is 5.69 Å². The van der Waals surface area contributed by atoms with Crippen LogP contribution >= 0.6 is 0 Å². The minimum Gasteiger partial charge on any atom is -0.389 e. The van der Waals surface area contributed by atoms with Gasteiger partial charge in [-0.05, 0) is 18.6 Å². The van der Waals surface area contributed by atoms with Gasteiger partial charge in [0.05, 0.1) is 17.6 Å². The van der Waals surface area contributed by atoms with Gasteiger partial charge >= 0.3 is 0 Å². The highest BCUT2D eigenvalue weighted by molar-refractivity contribution is 5.64. The summed E-state index contributed by atoms with van der Waals surface area (Å²) in [4.78, 5) is 12.4. The van der Waals surface area contributed by atoms with Crippen molar-refractivity contribution in [2.45, 2.75) is 13.0 Å². The van der Waals surface area contributed by atoms with Crippen molar-refractivity contribution in [2.24, 2.45) is 0 Å². The fraction of sp³-hybridized carbons (Fsp3) is 0.500. The van der Waals surface area contributed by atoms with E-state index in [0.29, 0.717) is 24.4 Å². The Morgan fingerprint density at radius 2 is 2.22 bits per heavy atom. The lowest BCUT2D eigenvalue weighted by atomic mass is 10.1. The average molecular weight is 254 g/mol. The van der Waals surface area contributed by atoms with E-state index in [0.717, 1.165) is 0 Å². The van der Waals surface area contributed by atoms with Crippen molar-refractivity contribution >= 4 is 11.4 Å². The number of nitrogens with zero attached hydrogens (tertiary/aromatic N) is 2. The summed E-state index contributed by atoms with van der Waals surface area (Å²) in [6.07, 6.45) is -0.720. The third kappa shape index (κ3) is 3.41. The van der Waals surface area contributed by atoms with Crippen LogP contribution in [0.3, 0.4) is 0 Å². The second-order valence-corrected chi connectivity index (χ2v) is 4.10. The lowest BCUT2D eigenvalue weighted by molar-refractivity contribution is -0.384. The lowest BCUT2D eigenvalue weighted by Gasteiger charge is -2.19. The van der Waals surface area contributed by atoms with Crippen molar-refractivity contribution in [3.05, 3.63) is 33.9 Å². The topological polar surface area (TPSA) is 75.8 Å². The Balaban J connectivity index is 3.07. The van der Waals surface area contributed by atoms with Crippen molar-refractivity contribution in [1.82, 2.24) is 0 Å². The van der Waals surface area contributed by atoms with Gasteiger partial charge < -0.3 is 14.7 Å². The molecule has 18 heavy (non-hydrogen) atoms. The van der Waals surface area contributed by atoms with E-state index < -0.39 is 11.0 Å². The molecule has 1 aromatic rings. The molecule has 1 rings (SSSR count). The normalized spacial score (nSPS) is 12.2. The predicted molar refractivity (Wildman–Crippen MR) is 68.9 cm³/mol. The highest BCUT2D eigenvalue weighted by Gasteiger charge is 2.18. The molecule has 1 atom stereocenters. The molecule has 0 saturated carbocycles. The molecule has 0 saturated heterocycles. The second kappa shape index (κ2) is 6.32. The number of methoxy groups -OCH3 is 1. The molecule has 0 aliphatic carbocycles. The Hall–Kier alpha value is -1.66. The molecule has 0 radical (unpaired) electrons. The summed E-state index contributed by atoms with van der Waals surface area (Å²) in [6.45, 7) is 2.63. The Labute approximate surface area is 106 Å². The van der Waals surface area contributed by atoms with E-state index >= 15 is 0 Å². The summed E-state index contributed by atoms with van der Waals surface area (Å²) in [6, 6.07) is 4.75. The van der Waals surface area contributed by atoms with Crippen molar-refractivity contribution in [3.8, 4) is 0 Å². The van der Waals surface area contributed by atoms with E-state index in [4.69, 9.17) is 4.74 Å². The van der Waals surface area contributed by atoms with Crippen LogP contribution in [0.4, 0.5) is 11.4 Å². The molecule has 0 unspecified atom stereocenters. The van der Waals surface area contributed by atoms with Gasteiger partial charge in [-0.15, -0.1) is 0 Å². The number of benzene rings is 1. The van der Waals surface area contributed by atoms with Crippen LogP contribution in [0.2, 0.25) is 0 Å². The van der Waals surface area contributed by atoms with Crippen LogP contribution < -0.4 is 4.90 Å². The quantitative estimate of drug-likeness (QED) is 0.618. The van der Waals surface area contributed by atoms with Crippen LogP contribution in [-0.2, 0) is 4.74 Å². The maximum atomic E-state index is 11.0. The summed E-state index contributed by atoms with van der Waals surface area (Å²) in [7, 11) is 3.35. The number of hydrogen-bond donors (Lipinski definition) is 1. The molecule has 0 aromatic heterocycles. The smallest absolute Gasteiger partial charge is 0.292 e. The minimum absolute atomic E-state index is 0.00740. The van der Waals surface area contributed by atoms with Crippen molar-refractivity contribution < 1.29 is 14.8 Å². The molecule has 0 heterocycles. The number of ether oxygens (including phenoxy) is 1. The number of nitro groups is 1. The number of anilines is 1. The van der Waals surface area contributed by atoms with Crippen LogP contribution in [0.15, 0.2) is 18.2 Å². The average Bonchev–Trinajstić information content (AvgIpc) is 2.34. The van der Waals surface area contributed by atoms with E-state index in [9.17, 15) is 15.2 Å². The highest BCUT2D eigenvalue weighted by Crippen LogP contribution is 2.30. The molecule has 1 aromatic carbocycles. The number of nitro benzene ring substituents is 1. The molecule has 0 aliphatic heterocycles. The van der Waals surface area contributed by atoms with E-state index in [1.807, 2.05) is 0 Å². The zero-order chi connectivity index (χ0) is 13.7. The first-order chi connectivity index (χ1) is 8.47. The van der Waals surface area contributed by atoms with Crippen LogP contribution in [-0.4, -0.2) is 37.3 Å². The van der Waals surface area contributed by atoms with Gasteiger partial charge in [-0.3, -0.25) is 10.1 Å². The fourth-order valence-corrected chi connectivity index (χ4v) is 1.62. The van der Waals surface area contributed by atoms with Gasteiger partial charge in [0.15, 0.2) is 0 Å². The van der Waals surface area contributed by atoms with E-state index in [1.54, 1.807) is 38.1 Å². The van der Waals surface area contributed by atoms with Gasteiger partial charge in [0, 0.05) is 26.8 Å². The summed E-state index contributed by atoms with van der Waals surface area (Å²) >= 11 is 0. The molecule has 100 valence electrons. The number of rotatable bonds is 6. The van der Waals surface area contributed by atoms with Crippen LogP contribution in [0.1, 0.15) is 18.6 Å². The molecule has 0 fully saturated rings. The standard InChI is InChI=1S/C12H18N2O4/c1-9(15)10-4-5-11(12(8-10)14(16)17)13(2)6-7-18-3/h4-5,8-9,15H,6-7H2,1-3H3/t9-/m1/s1. The van der Waals surface area contributed by atoms with Gasteiger partial charge in [-0.1, -0.05) is 6.07 Å². The molecule has 6 heteroatoms. The minimum atomic E-state index is -0.720. The van der Waals surface area contributed by atoms with E-state index in [-0.39, 0.29) is 5.69 Å². The zero-order valence-electron chi connectivity index (χ0n) is 10.8. The largest absolute Gasteiger partial charge is 0.389 e. The van der Waals surface area contributed by atoms with Crippen molar-refractivity contribution in [3.63, 3.8) is 0 Å². The van der Waals surface area contributed by atoms with Crippen LogP contribution in [0.5, 0.6) is 0 Å². The SMILES string of the molecule is COCCN(C)c1ccc([C@@H](C)O)cc1[N+](=O)[O-]. The van der Waals surface area contributed by atoms with Gasteiger partial charge in [-0.2, -0.15) is 0 Å². The number of likely N-dealkylation sites (N-methyl/N-ethyl adjacent to an activating group) is 1. The summed E-state index contributed by atoms with van der Waals surface area (Å²) in [5, 5.41) is 20.5. The molecule has 1 N–H and O–H groups in total. The Kier molecular flexibility index (Phi) is 5.06. The monoisotopic (exact) mass is 254 g/mol. The molecule has 0 amide bonds. The first-order valence-electron chi connectivity index (χ1n) is 5.63. The van der Waals surface area contributed by atoms with Crippen LogP contribution in [0, 0.1) is 10.1 Å². The second-order valence-electron chi connectivity index (χ2n) is 4.10. The molecule has 6 nitrogen and oxygen atoms in total. The lowest BCUT2D eigenvalue weighted by Crippen LogP contribution is -2.23. The van der Waals surface area contributed by atoms with Gasteiger partial charge in [-0.25, -0.2) is 0 Å². The maximum Gasteiger partial charge on any atom is 0.292 e. The number of aliphatic hydroxyl groups excluding tert-OH is 1. The first kappa shape index (κ1) is 14.4. The molecule has 0 spiro atoms. The van der Waals surface area contributed by atoms with Crippen molar-refractivity contribution in [2.75, 3.05) is 32.2 Å². The molecular formula is C12H18N2O4. The fourth-order valence-electron chi connectivity index (χ4n) is 1.62. The molecular weight excluding hydrogens is 236 g/mol.